The highest BCUT2D eigenvalue weighted by Gasteiger charge is 2.30. The Morgan fingerprint density at radius 3 is 2.74 bits per heavy atom. The van der Waals surface area contributed by atoms with Gasteiger partial charge < -0.3 is 10.8 Å². The van der Waals surface area contributed by atoms with Crippen LogP contribution in [0.15, 0.2) is 23.1 Å². The van der Waals surface area contributed by atoms with Crippen LogP contribution in [0.3, 0.4) is 0 Å². The van der Waals surface area contributed by atoms with Crippen molar-refractivity contribution in [3.63, 3.8) is 0 Å². The summed E-state index contributed by atoms with van der Waals surface area (Å²) in [5, 5.41) is 9.24. The van der Waals surface area contributed by atoms with Crippen molar-refractivity contribution >= 4 is 15.7 Å². The Labute approximate surface area is 113 Å². The number of nitrogen functional groups attached to an aromatic ring is 1. The van der Waals surface area contributed by atoms with Crippen LogP contribution >= 0.6 is 0 Å². The maximum Gasteiger partial charge on any atom is 0.240 e. The fourth-order valence-corrected chi connectivity index (χ4v) is 4.09. The second-order valence-electron chi connectivity index (χ2n) is 5.18. The minimum atomic E-state index is -3.57. The number of hydrogen-bond donors (Lipinski definition) is 3. The quantitative estimate of drug-likeness (QED) is 0.720. The van der Waals surface area contributed by atoms with Gasteiger partial charge in [0.2, 0.25) is 10.0 Å². The van der Waals surface area contributed by atoms with Gasteiger partial charge in [-0.25, -0.2) is 13.1 Å². The van der Waals surface area contributed by atoms with E-state index in [1.807, 2.05) is 6.92 Å². The fourth-order valence-electron chi connectivity index (χ4n) is 2.61. The normalized spacial score (nSPS) is 23.7. The van der Waals surface area contributed by atoms with Crippen LogP contribution in [-0.4, -0.2) is 26.2 Å². The first-order chi connectivity index (χ1) is 8.92. The van der Waals surface area contributed by atoms with E-state index in [0.717, 1.165) is 24.8 Å². The van der Waals surface area contributed by atoms with Gasteiger partial charge in [-0.15, -0.1) is 0 Å². The molecule has 106 valence electrons. The maximum atomic E-state index is 12.3. The van der Waals surface area contributed by atoms with Gasteiger partial charge in [0.05, 0.1) is 4.90 Å². The van der Waals surface area contributed by atoms with Crippen LogP contribution in [0.25, 0.3) is 0 Å². The molecule has 1 aromatic rings. The van der Waals surface area contributed by atoms with E-state index < -0.39 is 10.0 Å². The number of aryl methyl sites for hydroxylation is 1. The number of sulfonamides is 1. The van der Waals surface area contributed by atoms with Crippen LogP contribution in [0.5, 0.6) is 0 Å². The van der Waals surface area contributed by atoms with Gasteiger partial charge in [0.15, 0.2) is 0 Å². The number of benzene rings is 1. The molecule has 1 aliphatic carbocycles. The summed E-state index contributed by atoms with van der Waals surface area (Å²) in [5.41, 5.74) is 6.93. The second-order valence-corrected chi connectivity index (χ2v) is 6.89. The second kappa shape index (κ2) is 5.48. The number of hydrogen-bond acceptors (Lipinski definition) is 4. The molecule has 1 aliphatic rings. The molecule has 0 aliphatic heterocycles. The molecule has 1 aromatic carbocycles. The van der Waals surface area contributed by atoms with Crippen LogP contribution in [-0.2, 0) is 10.0 Å². The highest BCUT2D eigenvalue weighted by atomic mass is 32.2. The molecular weight excluding hydrogens is 264 g/mol. The van der Waals surface area contributed by atoms with Crippen LogP contribution in [0.2, 0.25) is 0 Å². The molecule has 6 heteroatoms. The van der Waals surface area contributed by atoms with E-state index in [-0.39, 0.29) is 23.5 Å². The zero-order chi connectivity index (χ0) is 14.0. The van der Waals surface area contributed by atoms with Gasteiger partial charge in [-0.1, -0.05) is 6.42 Å². The molecule has 0 amide bonds. The monoisotopic (exact) mass is 284 g/mol. The largest absolute Gasteiger partial charge is 0.399 e. The van der Waals surface area contributed by atoms with E-state index in [4.69, 9.17) is 5.73 Å². The Bertz CT molecular complexity index is 537. The summed E-state index contributed by atoms with van der Waals surface area (Å²) in [6.07, 6.45) is 2.57. The molecule has 0 radical (unpaired) electrons. The molecule has 0 spiro atoms. The first-order valence-electron chi connectivity index (χ1n) is 6.43. The van der Waals surface area contributed by atoms with Crippen molar-refractivity contribution in [2.45, 2.75) is 37.1 Å². The highest BCUT2D eigenvalue weighted by Crippen LogP contribution is 2.27. The average molecular weight is 284 g/mol. The molecule has 2 atom stereocenters. The molecule has 0 saturated heterocycles. The Hall–Kier alpha value is -1.11. The maximum absolute atomic E-state index is 12.3. The predicted molar refractivity (Wildman–Crippen MR) is 74.1 cm³/mol. The molecule has 2 rings (SSSR count). The average Bonchev–Trinajstić information content (AvgIpc) is 2.74. The standard InChI is InChI=1S/C13H20N2O3S/c1-9-5-11(14)7-12(6-9)19(17,18)15-13-4-2-3-10(13)8-16/h5-7,10,13,15-16H,2-4,8,14H2,1H3. The van der Waals surface area contributed by atoms with Crippen LogP contribution in [0, 0.1) is 12.8 Å². The van der Waals surface area contributed by atoms with Crippen molar-refractivity contribution in [3.8, 4) is 0 Å². The predicted octanol–water partition coefficient (Wildman–Crippen LogP) is 1.02. The van der Waals surface area contributed by atoms with Gasteiger partial charge in [-0.05, 0) is 49.4 Å². The third-order valence-corrected chi connectivity index (χ3v) is 5.05. The topological polar surface area (TPSA) is 92.4 Å². The Morgan fingerprint density at radius 1 is 1.37 bits per heavy atom. The zero-order valence-electron chi connectivity index (χ0n) is 11.0. The number of anilines is 1. The van der Waals surface area contributed by atoms with Gasteiger partial charge in [0.25, 0.3) is 0 Å². The highest BCUT2D eigenvalue weighted by molar-refractivity contribution is 7.89. The van der Waals surface area contributed by atoms with Crippen LogP contribution in [0.4, 0.5) is 5.69 Å². The number of aliphatic hydroxyl groups is 1. The summed E-state index contributed by atoms with van der Waals surface area (Å²) in [7, 11) is -3.57. The number of rotatable bonds is 4. The van der Waals surface area contributed by atoms with E-state index in [1.165, 1.54) is 6.07 Å². The van der Waals surface area contributed by atoms with E-state index in [1.54, 1.807) is 12.1 Å². The summed E-state index contributed by atoms with van der Waals surface area (Å²) < 4.78 is 27.3. The Kier molecular flexibility index (Phi) is 4.13. The number of aliphatic hydroxyl groups excluding tert-OH is 1. The van der Waals surface area contributed by atoms with Crippen LogP contribution in [0.1, 0.15) is 24.8 Å². The SMILES string of the molecule is Cc1cc(N)cc(S(=O)(=O)NC2CCCC2CO)c1. The molecule has 5 nitrogen and oxygen atoms in total. The lowest BCUT2D eigenvalue weighted by Crippen LogP contribution is -2.38. The van der Waals surface area contributed by atoms with E-state index in [9.17, 15) is 13.5 Å². The molecule has 1 saturated carbocycles. The summed E-state index contributed by atoms with van der Waals surface area (Å²) >= 11 is 0. The molecule has 0 bridgehead atoms. The Morgan fingerprint density at radius 2 is 2.11 bits per heavy atom. The van der Waals surface area contributed by atoms with E-state index >= 15 is 0 Å². The van der Waals surface area contributed by atoms with Gasteiger partial charge in [-0.2, -0.15) is 0 Å². The number of nitrogens with one attached hydrogen (secondary N) is 1. The molecular formula is C13H20N2O3S. The summed E-state index contributed by atoms with van der Waals surface area (Å²) in [4.78, 5) is 0.189. The summed E-state index contributed by atoms with van der Waals surface area (Å²) in [6, 6.07) is 4.60. The molecule has 0 heterocycles. The Balaban J connectivity index is 2.22. The number of nitrogens with two attached hydrogens (primary N) is 1. The van der Waals surface area contributed by atoms with Crippen molar-refractivity contribution < 1.29 is 13.5 Å². The minimum absolute atomic E-state index is 0.0110. The van der Waals surface area contributed by atoms with Crippen molar-refractivity contribution in [3.05, 3.63) is 23.8 Å². The van der Waals surface area contributed by atoms with Gasteiger partial charge in [0.1, 0.15) is 0 Å². The van der Waals surface area contributed by atoms with Gasteiger partial charge >= 0.3 is 0 Å². The van der Waals surface area contributed by atoms with Crippen LogP contribution < -0.4 is 10.5 Å². The molecule has 2 unspecified atom stereocenters. The summed E-state index contributed by atoms with van der Waals surface area (Å²) in [6.45, 7) is 1.82. The molecule has 1 fully saturated rings. The van der Waals surface area contributed by atoms with Crippen molar-refractivity contribution in [2.75, 3.05) is 12.3 Å². The van der Waals surface area contributed by atoms with Gasteiger partial charge in [0, 0.05) is 18.3 Å². The van der Waals surface area contributed by atoms with Gasteiger partial charge in [-0.3, -0.25) is 0 Å². The first kappa shape index (κ1) is 14.3. The van der Waals surface area contributed by atoms with Crippen molar-refractivity contribution in [1.29, 1.82) is 0 Å². The smallest absolute Gasteiger partial charge is 0.240 e. The molecule has 19 heavy (non-hydrogen) atoms. The lowest BCUT2D eigenvalue weighted by Gasteiger charge is -2.19. The van der Waals surface area contributed by atoms with Crippen molar-refractivity contribution in [1.82, 2.24) is 4.72 Å². The minimum Gasteiger partial charge on any atom is -0.399 e. The zero-order valence-corrected chi connectivity index (χ0v) is 11.8. The van der Waals surface area contributed by atoms with Crippen molar-refractivity contribution in [2.24, 2.45) is 5.92 Å². The third kappa shape index (κ3) is 3.26. The lowest BCUT2D eigenvalue weighted by atomic mass is 10.1. The fraction of sp³-hybridized carbons (Fsp3) is 0.538. The first-order valence-corrected chi connectivity index (χ1v) is 7.91. The van der Waals surface area contributed by atoms with E-state index in [0.29, 0.717) is 5.69 Å². The summed E-state index contributed by atoms with van der Waals surface area (Å²) in [5.74, 6) is 0.0110. The van der Waals surface area contributed by atoms with E-state index in [2.05, 4.69) is 4.72 Å². The lowest BCUT2D eigenvalue weighted by molar-refractivity contribution is 0.213. The third-order valence-electron chi connectivity index (χ3n) is 3.58. The molecule has 0 aromatic heterocycles. The molecule has 4 N–H and O–H groups in total.